The van der Waals surface area contributed by atoms with Crippen LogP contribution in [0.3, 0.4) is 0 Å². The number of aromatic nitrogens is 2. The van der Waals surface area contributed by atoms with Crippen molar-refractivity contribution in [3.8, 4) is 5.75 Å². The van der Waals surface area contributed by atoms with Crippen LogP contribution in [0.4, 0.5) is 0 Å². The van der Waals surface area contributed by atoms with Gasteiger partial charge in [-0.2, -0.15) is 0 Å². The second-order valence-corrected chi connectivity index (χ2v) is 9.06. The Hall–Kier alpha value is -2.16. The highest BCUT2D eigenvalue weighted by atomic mass is 35.5. The normalized spacial score (nSPS) is 16.2. The highest BCUT2D eigenvalue weighted by Crippen LogP contribution is 2.37. The van der Waals surface area contributed by atoms with Crippen LogP contribution in [0.25, 0.3) is 10.9 Å². The van der Waals surface area contributed by atoms with E-state index in [1.54, 1.807) is 19.2 Å². The molecule has 1 unspecified atom stereocenters. The van der Waals surface area contributed by atoms with Gasteiger partial charge in [0, 0.05) is 11.4 Å². The minimum absolute atomic E-state index is 0.00640. The van der Waals surface area contributed by atoms with Gasteiger partial charge in [-0.3, -0.25) is 9.59 Å². The molecular formula is C20H18ClN3O3S2. The van der Waals surface area contributed by atoms with E-state index in [1.807, 2.05) is 19.1 Å². The molecule has 0 radical (unpaired) electrons. The average molecular weight is 448 g/mol. The van der Waals surface area contributed by atoms with Crippen LogP contribution in [0, 0.1) is 6.92 Å². The third-order valence-corrected chi connectivity index (χ3v) is 7.29. The lowest BCUT2D eigenvalue weighted by Crippen LogP contribution is -2.17. The first-order chi connectivity index (χ1) is 14.0. The fourth-order valence-electron chi connectivity index (χ4n) is 3.27. The lowest BCUT2D eigenvalue weighted by molar-refractivity contribution is -0.120. The Morgan fingerprint density at radius 2 is 2.17 bits per heavy atom. The van der Waals surface area contributed by atoms with Crippen molar-refractivity contribution in [1.82, 2.24) is 15.3 Å². The second kappa shape index (κ2) is 8.30. The van der Waals surface area contributed by atoms with Crippen molar-refractivity contribution in [1.29, 1.82) is 0 Å². The SMILES string of the molecule is COc1ccc2nc(C)nc(SCC(=O)c3ccc(C4CCNC4=O)s3)c2c1Cl. The summed E-state index contributed by atoms with van der Waals surface area (Å²) >= 11 is 9.20. The molecule has 1 aliphatic heterocycles. The number of carbonyl (C=O) groups excluding carboxylic acids is 2. The first-order valence-electron chi connectivity index (χ1n) is 9.02. The number of fused-ring (bicyclic) bond motifs is 1. The first-order valence-corrected chi connectivity index (χ1v) is 11.2. The molecule has 1 fully saturated rings. The summed E-state index contributed by atoms with van der Waals surface area (Å²) < 4.78 is 5.30. The van der Waals surface area contributed by atoms with E-state index in [4.69, 9.17) is 16.3 Å². The number of methoxy groups -OCH3 is 1. The van der Waals surface area contributed by atoms with Gasteiger partial charge in [-0.25, -0.2) is 9.97 Å². The van der Waals surface area contributed by atoms with E-state index in [1.165, 1.54) is 23.1 Å². The standard InChI is InChI=1S/C20H18ClN3O3S2/c1-10-23-12-3-4-14(27-2)18(21)17(12)20(24-10)28-9-13(25)16-6-5-15(29-16)11-7-8-22-19(11)26/h3-6,11H,7-9H2,1-2H3,(H,22,26). The number of thioether (sulfide) groups is 1. The minimum Gasteiger partial charge on any atom is -0.495 e. The molecule has 0 aliphatic carbocycles. The summed E-state index contributed by atoms with van der Waals surface area (Å²) in [5, 5.41) is 4.60. The molecule has 1 amide bonds. The summed E-state index contributed by atoms with van der Waals surface area (Å²) in [4.78, 5) is 35.1. The molecule has 1 saturated heterocycles. The third kappa shape index (κ3) is 3.97. The van der Waals surface area contributed by atoms with Crippen LogP contribution in [0.1, 0.15) is 32.7 Å². The number of carbonyl (C=O) groups is 2. The zero-order chi connectivity index (χ0) is 20.5. The van der Waals surface area contributed by atoms with E-state index in [0.717, 1.165) is 11.3 Å². The molecule has 4 rings (SSSR count). The summed E-state index contributed by atoms with van der Waals surface area (Å²) in [6.07, 6.45) is 0.772. The van der Waals surface area contributed by atoms with Gasteiger partial charge in [0.2, 0.25) is 5.91 Å². The van der Waals surface area contributed by atoms with Crippen LogP contribution in [0.15, 0.2) is 29.3 Å². The van der Waals surface area contributed by atoms with Gasteiger partial charge < -0.3 is 10.1 Å². The predicted octanol–water partition coefficient (Wildman–Crippen LogP) is 4.24. The van der Waals surface area contributed by atoms with Gasteiger partial charge in [0.15, 0.2) is 5.78 Å². The quantitative estimate of drug-likeness (QED) is 0.346. The van der Waals surface area contributed by atoms with E-state index < -0.39 is 0 Å². The van der Waals surface area contributed by atoms with Crippen molar-refractivity contribution in [2.45, 2.75) is 24.3 Å². The summed E-state index contributed by atoms with van der Waals surface area (Å²) in [6.45, 7) is 2.49. The van der Waals surface area contributed by atoms with Crippen LogP contribution < -0.4 is 10.1 Å². The largest absolute Gasteiger partial charge is 0.495 e. The summed E-state index contributed by atoms with van der Waals surface area (Å²) in [7, 11) is 1.55. The number of thiophene rings is 1. The van der Waals surface area contributed by atoms with Gasteiger partial charge in [-0.15, -0.1) is 11.3 Å². The maximum atomic E-state index is 12.7. The maximum Gasteiger partial charge on any atom is 0.228 e. The molecule has 2 aromatic heterocycles. The van der Waals surface area contributed by atoms with Crippen LogP contribution >= 0.6 is 34.7 Å². The van der Waals surface area contributed by atoms with Gasteiger partial charge in [-0.05, 0) is 37.6 Å². The van der Waals surface area contributed by atoms with Crippen molar-refractivity contribution in [3.05, 3.63) is 44.9 Å². The Morgan fingerprint density at radius 3 is 2.90 bits per heavy atom. The lowest BCUT2D eigenvalue weighted by Gasteiger charge is -2.10. The van der Waals surface area contributed by atoms with E-state index in [2.05, 4.69) is 15.3 Å². The topological polar surface area (TPSA) is 81.2 Å². The molecule has 1 atom stereocenters. The molecule has 1 aliphatic rings. The molecule has 0 bridgehead atoms. The van der Waals surface area contributed by atoms with Gasteiger partial charge in [0.1, 0.15) is 16.6 Å². The smallest absolute Gasteiger partial charge is 0.228 e. The van der Waals surface area contributed by atoms with Crippen molar-refractivity contribution in [3.63, 3.8) is 0 Å². The molecule has 29 heavy (non-hydrogen) atoms. The number of Topliss-reactive ketones (excluding diaryl/α,β-unsaturated/α-hetero) is 1. The Bertz CT molecular complexity index is 1120. The number of nitrogens with zero attached hydrogens (tertiary/aromatic N) is 2. The Balaban J connectivity index is 1.56. The van der Waals surface area contributed by atoms with Crippen LogP contribution in [0.2, 0.25) is 5.02 Å². The predicted molar refractivity (Wildman–Crippen MR) is 116 cm³/mol. The Labute approximate surface area is 181 Å². The molecular weight excluding hydrogens is 430 g/mol. The monoisotopic (exact) mass is 447 g/mol. The molecule has 3 aromatic rings. The molecule has 0 spiro atoms. The first kappa shape index (κ1) is 20.1. The van der Waals surface area contributed by atoms with Gasteiger partial charge in [0.05, 0.1) is 39.6 Å². The Kier molecular flexibility index (Phi) is 5.76. The molecule has 6 nitrogen and oxygen atoms in total. The molecule has 1 N–H and O–H groups in total. The lowest BCUT2D eigenvalue weighted by atomic mass is 10.1. The fraction of sp³-hybridized carbons (Fsp3) is 0.300. The van der Waals surface area contributed by atoms with E-state index in [0.29, 0.717) is 43.9 Å². The number of rotatable bonds is 6. The summed E-state index contributed by atoms with van der Waals surface area (Å²) in [5.74, 6) is 1.25. The molecule has 0 saturated carbocycles. The molecule has 1 aromatic carbocycles. The molecule has 3 heterocycles. The van der Waals surface area contributed by atoms with E-state index >= 15 is 0 Å². The Morgan fingerprint density at radius 1 is 1.34 bits per heavy atom. The number of nitrogens with one attached hydrogen (secondary N) is 1. The van der Waals surface area contributed by atoms with Crippen LogP contribution in [-0.4, -0.2) is 41.1 Å². The summed E-state index contributed by atoms with van der Waals surface area (Å²) in [6, 6.07) is 7.28. The van der Waals surface area contributed by atoms with Crippen LogP contribution in [-0.2, 0) is 4.79 Å². The highest BCUT2D eigenvalue weighted by molar-refractivity contribution is 8.00. The van der Waals surface area contributed by atoms with Gasteiger partial charge >= 0.3 is 0 Å². The second-order valence-electron chi connectivity index (χ2n) is 6.60. The molecule has 150 valence electrons. The van der Waals surface area contributed by atoms with Gasteiger partial charge in [-0.1, -0.05) is 23.4 Å². The number of amides is 1. The van der Waals surface area contributed by atoms with Crippen molar-refractivity contribution in [2.24, 2.45) is 0 Å². The summed E-state index contributed by atoms with van der Waals surface area (Å²) in [5.41, 5.74) is 0.712. The highest BCUT2D eigenvalue weighted by Gasteiger charge is 2.27. The third-order valence-electron chi connectivity index (χ3n) is 4.70. The van der Waals surface area contributed by atoms with Crippen LogP contribution in [0.5, 0.6) is 5.75 Å². The number of hydrogen-bond donors (Lipinski definition) is 1. The van der Waals surface area contributed by atoms with Crippen molar-refractivity contribution >= 4 is 57.3 Å². The maximum absolute atomic E-state index is 12.7. The molecule has 9 heteroatoms. The van der Waals surface area contributed by atoms with E-state index in [-0.39, 0.29) is 23.4 Å². The average Bonchev–Trinajstić information content (AvgIpc) is 3.34. The number of aryl methyl sites for hydroxylation is 1. The number of halogens is 1. The number of ether oxygens (including phenoxy) is 1. The van der Waals surface area contributed by atoms with Crippen molar-refractivity contribution in [2.75, 3.05) is 19.4 Å². The van der Waals surface area contributed by atoms with Crippen molar-refractivity contribution < 1.29 is 14.3 Å². The minimum atomic E-state index is -0.145. The number of ketones is 1. The zero-order valence-electron chi connectivity index (χ0n) is 15.8. The van der Waals surface area contributed by atoms with E-state index in [9.17, 15) is 9.59 Å². The number of hydrogen-bond acceptors (Lipinski definition) is 7. The zero-order valence-corrected chi connectivity index (χ0v) is 18.2. The fourth-order valence-corrected chi connectivity index (χ4v) is 5.79. The number of benzene rings is 1. The van der Waals surface area contributed by atoms with Gasteiger partial charge in [0.25, 0.3) is 0 Å².